The molecular weight excluding hydrogens is 316 g/mol. The summed E-state index contributed by atoms with van der Waals surface area (Å²) in [5, 5.41) is 11.0. The number of nitrogens with one attached hydrogen (secondary N) is 3. The third kappa shape index (κ3) is 3.03. The van der Waals surface area contributed by atoms with Crippen LogP contribution in [0, 0.1) is 0 Å². The van der Waals surface area contributed by atoms with Crippen LogP contribution in [0.3, 0.4) is 0 Å². The maximum absolute atomic E-state index is 12.1. The fourth-order valence-corrected chi connectivity index (χ4v) is 2.88. The zero-order valence-corrected chi connectivity index (χ0v) is 13.8. The molecule has 2 amide bonds. The zero-order valence-electron chi connectivity index (χ0n) is 13.8. The van der Waals surface area contributed by atoms with Gasteiger partial charge in [0.25, 0.3) is 0 Å². The van der Waals surface area contributed by atoms with Crippen molar-refractivity contribution < 1.29 is 4.79 Å². The Kier molecular flexibility index (Phi) is 3.81. The van der Waals surface area contributed by atoms with Gasteiger partial charge in [0.2, 0.25) is 0 Å². The number of benzene rings is 2. The number of carbonyl (C=O) groups is 1. The monoisotopic (exact) mass is 334 g/mol. The largest absolute Gasteiger partial charge is 0.340 e. The molecule has 25 heavy (non-hydrogen) atoms. The predicted octanol–water partition coefficient (Wildman–Crippen LogP) is 2.45. The van der Waals surface area contributed by atoms with E-state index in [2.05, 4.69) is 25.7 Å². The topological polar surface area (TPSA) is 87.6 Å². The van der Waals surface area contributed by atoms with Gasteiger partial charge >= 0.3 is 6.03 Å². The summed E-state index contributed by atoms with van der Waals surface area (Å²) in [7, 11) is 1.90. The van der Waals surface area contributed by atoms with Gasteiger partial charge in [-0.05, 0) is 23.8 Å². The highest BCUT2D eigenvalue weighted by atomic mass is 16.2. The second-order valence-corrected chi connectivity index (χ2v) is 5.85. The van der Waals surface area contributed by atoms with E-state index < -0.39 is 0 Å². The normalized spacial score (nSPS) is 11.1. The number of aryl methyl sites for hydroxylation is 1. The first-order valence-corrected chi connectivity index (χ1v) is 8.05. The second-order valence-electron chi connectivity index (χ2n) is 5.85. The summed E-state index contributed by atoms with van der Waals surface area (Å²) in [6, 6.07) is 13.5. The Morgan fingerprint density at radius 2 is 1.96 bits per heavy atom. The van der Waals surface area contributed by atoms with Crippen LogP contribution in [-0.2, 0) is 20.1 Å². The van der Waals surface area contributed by atoms with Crippen LogP contribution in [0.2, 0.25) is 0 Å². The third-order valence-corrected chi connectivity index (χ3v) is 4.18. The lowest BCUT2D eigenvalue weighted by atomic mass is 10.1. The Bertz CT molecular complexity index is 1020. The summed E-state index contributed by atoms with van der Waals surface area (Å²) < 4.78 is 1.82. The lowest BCUT2D eigenvalue weighted by Crippen LogP contribution is -2.34. The fraction of sp³-hybridized carbons (Fsp3) is 0.167. The number of aromatic amines is 1. The van der Waals surface area contributed by atoms with Crippen LogP contribution in [0.25, 0.3) is 21.9 Å². The number of imidazole rings is 1. The van der Waals surface area contributed by atoms with Gasteiger partial charge in [-0.2, -0.15) is 5.10 Å². The van der Waals surface area contributed by atoms with Gasteiger partial charge in [0.15, 0.2) is 0 Å². The van der Waals surface area contributed by atoms with Crippen molar-refractivity contribution in [3.05, 3.63) is 60.0 Å². The lowest BCUT2D eigenvalue weighted by Gasteiger charge is -2.07. The molecule has 126 valence electrons. The van der Waals surface area contributed by atoms with Crippen molar-refractivity contribution in [1.29, 1.82) is 0 Å². The molecule has 0 fully saturated rings. The van der Waals surface area contributed by atoms with Crippen molar-refractivity contribution in [2.75, 3.05) is 0 Å². The molecule has 4 rings (SSSR count). The van der Waals surface area contributed by atoms with E-state index in [1.807, 2.05) is 60.4 Å². The van der Waals surface area contributed by atoms with Crippen LogP contribution in [0.4, 0.5) is 4.79 Å². The van der Waals surface area contributed by atoms with E-state index in [1.54, 1.807) is 0 Å². The van der Waals surface area contributed by atoms with Crippen LogP contribution in [0.15, 0.2) is 48.7 Å². The van der Waals surface area contributed by atoms with E-state index in [0.29, 0.717) is 13.1 Å². The van der Waals surface area contributed by atoms with Crippen LogP contribution in [0.5, 0.6) is 0 Å². The molecule has 2 aromatic carbocycles. The molecule has 0 aliphatic rings. The van der Waals surface area contributed by atoms with Crippen LogP contribution < -0.4 is 10.6 Å². The fourth-order valence-electron chi connectivity index (χ4n) is 2.88. The number of hydrogen-bond donors (Lipinski definition) is 3. The van der Waals surface area contributed by atoms with Gasteiger partial charge in [0.05, 0.1) is 29.3 Å². The standard InChI is InChI=1S/C18H18N6O/c1-24-16-8-4-5-12(13(16)10-21-24)9-19-18(25)20-11-17-22-14-6-2-3-7-15(14)23-17/h2-8,10H,9,11H2,1H3,(H,22,23)(H2,19,20,25). The van der Waals surface area contributed by atoms with Crippen molar-refractivity contribution in [3.63, 3.8) is 0 Å². The number of H-pyrrole nitrogens is 1. The molecule has 0 saturated heterocycles. The van der Waals surface area contributed by atoms with Gasteiger partial charge in [-0.25, -0.2) is 9.78 Å². The number of hydrogen-bond acceptors (Lipinski definition) is 3. The minimum atomic E-state index is -0.235. The Morgan fingerprint density at radius 1 is 1.12 bits per heavy atom. The predicted molar refractivity (Wildman–Crippen MR) is 95.9 cm³/mol. The highest BCUT2D eigenvalue weighted by Crippen LogP contribution is 2.17. The van der Waals surface area contributed by atoms with Crippen molar-refractivity contribution in [1.82, 2.24) is 30.4 Å². The average Bonchev–Trinajstić information content (AvgIpc) is 3.22. The Hall–Kier alpha value is -3.35. The molecule has 0 aliphatic heterocycles. The number of fused-ring (bicyclic) bond motifs is 2. The highest BCUT2D eigenvalue weighted by Gasteiger charge is 2.08. The SMILES string of the molecule is Cn1ncc2c(CNC(=O)NCc3nc4ccccc4[nH]3)cccc21. The molecule has 0 atom stereocenters. The number of amides is 2. The first-order chi connectivity index (χ1) is 12.2. The summed E-state index contributed by atoms with van der Waals surface area (Å²) in [5.74, 6) is 0.728. The molecule has 3 N–H and O–H groups in total. The molecule has 7 nitrogen and oxygen atoms in total. The molecule has 0 unspecified atom stereocenters. The van der Waals surface area contributed by atoms with E-state index in [4.69, 9.17) is 0 Å². The summed E-state index contributed by atoms with van der Waals surface area (Å²) in [6.07, 6.45) is 1.82. The molecule has 0 radical (unpaired) electrons. The van der Waals surface area contributed by atoms with E-state index in [-0.39, 0.29) is 6.03 Å². The molecule has 0 aliphatic carbocycles. The first kappa shape index (κ1) is 15.2. The van der Waals surface area contributed by atoms with Crippen LogP contribution in [0.1, 0.15) is 11.4 Å². The van der Waals surface area contributed by atoms with Crippen molar-refractivity contribution in [3.8, 4) is 0 Å². The highest BCUT2D eigenvalue weighted by molar-refractivity contribution is 5.83. The molecule has 2 aromatic heterocycles. The Balaban J connectivity index is 1.37. The van der Waals surface area contributed by atoms with E-state index in [1.165, 1.54) is 0 Å². The Morgan fingerprint density at radius 3 is 2.84 bits per heavy atom. The minimum Gasteiger partial charge on any atom is -0.340 e. The molecule has 2 heterocycles. The number of urea groups is 1. The smallest absolute Gasteiger partial charge is 0.315 e. The number of aromatic nitrogens is 4. The maximum atomic E-state index is 12.1. The van der Waals surface area contributed by atoms with Gasteiger partial charge in [0, 0.05) is 19.0 Å². The van der Waals surface area contributed by atoms with E-state index in [0.717, 1.165) is 33.3 Å². The molecule has 0 bridgehead atoms. The van der Waals surface area contributed by atoms with Crippen LogP contribution >= 0.6 is 0 Å². The summed E-state index contributed by atoms with van der Waals surface area (Å²) >= 11 is 0. The number of nitrogens with zero attached hydrogens (tertiary/aromatic N) is 3. The van der Waals surface area contributed by atoms with Crippen LogP contribution in [-0.4, -0.2) is 25.8 Å². The maximum Gasteiger partial charge on any atom is 0.315 e. The van der Waals surface area contributed by atoms with Gasteiger partial charge in [-0.1, -0.05) is 24.3 Å². The average molecular weight is 334 g/mol. The summed E-state index contributed by atoms with van der Waals surface area (Å²) in [6.45, 7) is 0.784. The Labute approximate surface area is 144 Å². The molecule has 7 heteroatoms. The van der Waals surface area contributed by atoms with E-state index in [9.17, 15) is 4.79 Å². The molecular formula is C18H18N6O. The number of rotatable bonds is 4. The van der Waals surface area contributed by atoms with Crippen molar-refractivity contribution in [2.24, 2.45) is 7.05 Å². The summed E-state index contributed by atoms with van der Waals surface area (Å²) in [5.41, 5.74) is 3.93. The molecule has 0 spiro atoms. The van der Waals surface area contributed by atoms with Gasteiger partial charge in [-0.3, -0.25) is 4.68 Å². The quantitative estimate of drug-likeness (QED) is 0.536. The lowest BCUT2D eigenvalue weighted by molar-refractivity contribution is 0.240. The van der Waals surface area contributed by atoms with Gasteiger partial charge in [-0.15, -0.1) is 0 Å². The second kappa shape index (κ2) is 6.27. The number of para-hydroxylation sites is 2. The van der Waals surface area contributed by atoms with Crippen molar-refractivity contribution >= 4 is 28.0 Å². The van der Waals surface area contributed by atoms with Crippen molar-refractivity contribution in [2.45, 2.75) is 13.1 Å². The summed E-state index contributed by atoms with van der Waals surface area (Å²) in [4.78, 5) is 19.7. The minimum absolute atomic E-state index is 0.235. The van der Waals surface area contributed by atoms with Gasteiger partial charge < -0.3 is 15.6 Å². The third-order valence-electron chi connectivity index (χ3n) is 4.18. The number of carbonyl (C=O) groups excluding carboxylic acids is 1. The molecule has 0 saturated carbocycles. The zero-order chi connectivity index (χ0) is 17.2. The molecule has 4 aromatic rings. The first-order valence-electron chi connectivity index (χ1n) is 8.05. The van der Waals surface area contributed by atoms with E-state index >= 15 is 0 Å². The van der Waals surface area contributed by atoms with Gasteiger partial charge in [0.1, 0.15) is 5.82 Å².